The number of nitrogens with two attached hydrogens (primary N) is 1. The molecule has 112 valence electrons. The van der Waals surface area contributed by atoms with Gasteiger partial charge in [0.05, 0.1) is 11.4 Å². The lowest BCUT2D eigenvalue weighted by Crippen LogP contribution is -2.11. The lowest BCUT2D eigenvalue weighted by molar-refractivity contribution is 0.468. The summed E-state index contributed by atoms with van der Waals surface area (Å²) in [4.78, 5) is 0.107. The van der Waals surface area contributed by atoms with E-state index in [2.05, 4.69) is 12.2 Å². The summed E-state index contributed by atoms with van der Waals surface area (Å²) >= 11 is 0. The van der Waals surface area contributed by atoms with Crippen LogP contribution in [0.25, 0.3) is 0 Å². The minimum absolute atomic E-state index is 0.107. The van der Waals surface area contributed by atoms with Crippen molar-refractivity contribution in [1.29, 1.82) is 0 Å². The molecule has 3 rings (SSSR count). The second-order valence-electron chi connectivity index (χ2n) is 5.55. The van der Waals surface area contributed by atoms with Gasteiger partial charge < -0.3 is 9.73 Å². The molecule has 0 saturated heterocycles. The van der Waals surface area contributed by atoms with E-state index in [1.165, 1.54) is 18.6 Å². The van der Waals surface area contributed by atoms with Crippen LogP contribution >= 0.6 is 0 Å². The zero-order valence-corrected chi connectivity index (χ0v) is 12.6. The van der Waals surface area contributed by atoms with Gasteiger partial charge in [0.2, 0.25) is 10.0 Å². The summed E-state index contributed by atoms with van der Waals surface area (Å²) in [7, 11) is -3.64. The number of sulfonamides is 1. The van der Waals surface area contributed by atoms with Crippen LogP contribution in [0.3, 0.4) is 0 Å². The van der Waals surface area contributed by atoms with Crippen molar-refractivity contribution in [3.63, 3.8) is 0 Å². The van der Waals surface area contributed by atoms with Gasteiger partial charge in [0.15, 0.2) is 0 Å². The summed E-state index contributed by atoms with van der Waals surface area (Å²) in [6.07, 6.45) is 1.20. The molecule has 1 heterocycles. The van der Waals surface area contributed by atoms with Crippen LogP contribution in [0.5, 0.6) is 0 Å². The maximum absolute atomic E-state index is 11.2. The molecule has 0 bridgehead atoms. The Hall–Kier alpha value is -1.79. The smallest absolute Gasteiger partial charge is 0.238 e. The molecule has 1 saturated carbocycles. The van der Waals surface area contributed by atoms with Crippen molar-refractivity contribution in [1.82, 2.24) is 0 Å². The maximum Gasteiger partial charge on any atom is 0.238 e. The quantitative estimate of drug-likeness (QED) is 0.889. The van der Waals surface area contributed by atoms with Crippen molar-refractivity contribution in [2.24, 2.45) is 11.1 Å². The molecule has 2 unspecified atom stereocenters. The van der Waals surface area contributed by atoms with Crippen LogP contribution in [0.2, 0.25) is 0 Å². The fourth-order valence-corrected chi connectivity index (χ4v) is 2.87. The lowest BCUT2D eigenvalue weighted by atomic mass is 10.3. The second kappa shape index (κ2) is 5.20. The Labute approximate surface area is 124 Å². The monoisotopic (exact) mass is 306 g/mol. The van der Waals surface area contributed by atoms with Crippen LogP contribution in [-0.4, -0.2) is 8.42 Å². The zero-order chi connectivity index (χ0) is 15.0. The Kier molecular flexibility index (Phi) is 3.51. The molecule has 1 fully saturated rings. The average molecular weight is 306 g/mol. The molecule has 1 aliphatic carbocycles. The molecule has 21 heavy (non-hydrogen) atoms. The second-order valence-corrected chi connectivity index (χ2v) is 7.11. The SMILES string of the molecule is CC1CC1c1ccc(CNc2ccc(S(N)(=O)=O)cc2)o1. The third kappa shape index (κ3) is 3.28. The van der Waals surface area contributed by atoms with Gasteiger partial charge >= 0.3 is 0 Å². The first-order valence-electron chi connectivity index (χ1n) is 6.89. The van der Waals surface area contributed by atoms with Gasteiger partial charge in [-0.15, -0.1) is 0 Å². The van der Waals surface area contributed by atoms with Crippen LogP contribution in [0.1, 0.15) is 30.8 Å². The molecular formula is C15H18N2O3S. The predicted molar refractivity (Wildman–Crippen MR) is 80.4 cm³/mol. The van der Waals surface area contributed by atoms with E-state index in [1.54, 1.807) is 12.1 Å². The summed E-state index contributed by atoms with van der Waals surface area (Å²) in [5.74, 6) is 3.24. The molecule has 3 N–H and O–H groups in total. The van der Waals surface area contributed by atoms with Crippen molar-refractivity contribution in [2.75, 3.05) is 5.32 Å². The molecule has 0 amide bonds. The van der Waals surface area contributed by atoms with Crippen molar-refractivity contribution in [2.45, 2.75) is 30.7 Å². The summed E-state index contributed by atoms with van der Waals surface area (Å²) in [5.41, 5.74) is 0.820. The van der Waals surface area contributed by atoms with Gasteiger partial charge in [0.1, 0.15) is 11.5 Å². The number of benzene rings is 1. The van der Waals surface area contributed by atoms with E-state index in [0.717, 1.165) is 23.1 Å². The van der Waals surface area contributed by atoms with Crippen LogP contribution < -0.4 is 10.5 Å². The molecule has 2 aromatic rings. The Bertz CT molecular complexity index is 735. The lowest BCUT2D eigenvalue weighted by Gasteiger charge is -2.05. The largest absolute Gasteiger partial charge is 0.464 e. The van der Waals surface area contributed by atoms with E-state index >= 15 is 0 Å². The average Bonchev–Trinajstić information content (AvgIpc) is 2.99. The highest BCUT2D eigenvalue weighted by Crippen LogP contribution is 2.47. The summed E-state index contributed by atoms with van der Waals surface area (Å²) < 4.78 is 28.1. The Morgan fingerprint density at radius 1 is 1.24 bits per heavy atom. The molecule has 0 radical (unpaired) electrons. The fourth-order valence-electron chi connectivity index (χ4n) is 2.36. The molecule has 0 aliphatic heterocycles. The highest BCUT2D eigenvalue weighted by atomic mass is 32.2. The van der Waals surface area contributed by atoms with Gasteiger partial charge in [-0.25, -0.2) is 13.6 Å². The van der Waals surface area contributed by atoms with Crippen molar-refractivity contribution < 1.29 is 12.8 Å². The van der Waals surface area contributed by atoms with Crippen molar-refractivity contribution in [3.8, 4) is 0 Å². The third-order valence-corrected chi connectivity index (χ3v) is 4.74. The van der Waals surface area contributed by atoms with E-state index in [-0.39, 0.29) is 4.90 Å². The standard InChI is InChI=1S/C15H18N2O3S/c1-10-8-14(10)15-7-4-12(20-15)9-17-11-2-5-13(6-3-11)21(16,18)19/h2-7,10,14,17H,8-9H2,1H3,(H2,16,18,19). The van der Waals surface area contributed by atoms with E-state index in [9.17, 15) is 8.42 Å². The number of primary sulfonamides is 1. The van der Waals surface area contributed by atoms with Crippen molar-refractivity contribution in [3.05, 3.63) is 47.9 Å². The first-order chi connectivity index (χ1) is 9.93. The van der Waals surface area contributed by atoms with Gasteiger partial charge in [0.25, 0.3) is 0 Å². The number of nitrogens with one attached hydrogen (secondary N) is 1. The van der Waals surface area contributed by atoms with Crippen LogP contribution in [0, 0.1) is 5.92 Å². The van der Waals surface area contributed by atoms with Gasteiger partial charge in [-0.3, -0.25) is 0 Å². The van der Waals surface area contributed by atoms with Gasteiger partial charge in [0, 0.05) is 11.6 Å². The van der Waals surface area contributed by atoms with Crippen LogP contribution in [0.15, 0.2) is 45.7 Å². The molecule has 1 aliphatic rings. The normalized spacial score (nSPS) is 21.2. The van der Waals surface area contributed by atoms with Crippen LogP contribution in [0.4, 0.5) is 5.69 Å². The number of rotatable bonds is 5. The molecule has 5 nitrogen and oxygen atoms in total. The van der Waals surface area contributed by atoms with Crippen molar-refractivity contribution >= 4 is 15.7 Å². The predicted octanol–water partition coefficient (Wildman–Crippen LogP) is 2.66. The number of hydrogen-bond acceptors (Lipinski definition) is 4. The molecule has 6 heteroatoms. The highest BCUT2D eigenvalue weighted by molar-refractivity contribution is 7.89. The number of hydrogen-bond donors (Lipinski definition) is 2. The molecule has 1 aromatic carbocycles. The van der Waals surface area contributed by atoms with Gasteiger partial charge in [-0.05, 0) is 48.7 Å². The van der Waals surface area contributed by atoms with E-state index in [1.807, 2.05) is 12.1 Å². The Morgan fingerprint density at radius 2 is 1.90 bits per heavy atom. The van der Waals surface area contributed by atoms with Crippen LogP contribution in [-0.2, 0) is 16.6 Å². The minimum Gasteiger partial charge on any atom is -0.464 e. The first-order valence-corrected chi connectivity index (χ1v) is 8.43. The van der Waals surface area contributed by atoms with E-state index in [0.29, 0.717) is 12.5 Å². The Balaban J connectivity index is 1.61. The van der Waals surface area contributed by atoms with Gasteiger partial charge in [-0.2, -0.15) is 0 Å². The van der Waals surface area contributed by atoms with E-state index < -0.39 is 10.0 Å². The molecular weight excluding hydrogens is 288 g/mol. The minimum atomic E-state index is -3.64. The fraction of sp³-hybridized carbons (Fsp3) is 0.333. The molecule has 0 spiro atoms. The number of furan rings is 1. The summed E-state index contributed by atoms with van der Waals surface area (Å²) in [6.45, 7) is 2.79. The third-order valence-electron chi connectivity index (χ3n) is 3.81. The first kappa shape index (κ1) is 14.2. The van der Waals surface area contributed by atoms with Gasteiger partial charge in [-0.1, -0.05) is 6.92 Å². The topological polar surface area (TPSA) is 85.3 Å². The zero-order valence-electron chi connectivity index (χ0n) is 11.7. The summed E-state index contributed by atoms with van der Waals surface area (Å²) in [6, 6.07) is 10.4. The molecule has 1 aromatic heterocycles. The molecule has 2 atom stereocenters. The Morgan fingerprint density at radius 3 is 2.48 bits per heavy atom. The highest BCUT2D eigenvalue weighted by Gasteiger charge is 2.36. The number of anilines is 1. The van der Waals surface area contributed by atoms with E-state index in [4.69, 9.17) is 9.56 Å². The maximum atomic E-state index is 11.2. The summed E-state index contributed by atoms with van der Waals surface area (Å²) in [5, 5.41) is 8.25.